The molecule has 6 heteroatoms. The van der Waals surface area contributed by atoms with Crippen LogP contribution in [0.2, 0.25) is 0 Å². The number of hydrogen-bond donors (Lipinski definition) is 0. The SMILES string of the molecule is CN(C(=O)c1cnccn1)[C@@H](c1cccc(F)c1)c1ccccn1. The van der Waals surface area contributed by atoms with Crippen molar-refractivity contribution in [1.82, 2.24) is 19.9 Å². The molecule has 0 fully saturated rings. The van der Waals surface area contributed by atoms with E-state index in [4.69, 9.17) is 0 Å². The van der Waals surface area contributed by atoms with E-state index in [2.05, 4.69) is 15.0 Å². The predicted octanol–water partition coefficient (Wildman–Crippen LogP) is 2.87. The van der Waals surface area contributed by atoms with Crippen molar-refractivity contribution >= 4 is 5.91 Å². The van der Waals surface area contributed by atoms with E-state index in [1.54, 1.807) is 37.5 Å². The highest BCUT2D eigenvalue weighted by Crippen LogP contribution is 2.27. The fourth-order valence-electron chi connectivity index (χ4n) is 2.51. The third-order valence-electron chi connectivity index (χ3n) is 3.62. The first-order chi connectivity index (χ1) is 11.7. The Morgan fingerprint density at radius 2 is 1.96 bits per heavy atom. The molecule has 0 radical (unpaired) electrons. The van der Waals surface area contributed by atoms with Crippen LogP contribution in [0.15, 0.2) is 67.3 Å². The summed E-state index contributed by atoms with van der Waals surface area (Å²) in [5.74, 6) is -0.684. The van der Waals surface area contributed by atoms with Crippen LogP contribution in [0.5, 0.6) is 0 Å². The van der Waals surface area contributed by atoms with Crippen molar-refractivity contribution in [2.75, 3.05) is 7.05 Å². The molecule has 0 saturated carbocycles. The molecule has 2 heterocycles. The molecule has 3 rings (SSSR count). The standard InChI is InChI=1S/C18H15FN4O/c1-23(18(24)16-12-20-9-10-22-16)17(15-7-2-3-8-21-15)13-5-4-6-14(19)11-13/h2-12,17H,1H3/t17-/m0/s1. The van der Waals surface area contributed by atoms with E-state index in [-0.39, 0.29) is 17.4 Å². The molecule has 0 aliphatic rings. The van der Waals surface area contributed by atoms with Gasteiger partial charge in [-0.3, -0.25) is 14.8 Å². The lowest BCUT2D eigenvalue weighted by Crippen LogP contribution is -2.33. The zero-order chi connectivity index (χ0) is 16.9. The minimum Gasteiger partial charge on any atom is -0.328 e. The number of halogens is 1. The summed E-state index contributed by atoms with van der Waals surface area (Å²) in [4.78, 5) is 26.5. The van der Waals surface area contributed by atoms with Gasteiger partial charge in [0.25, 0.3) is 5.91 Å². The van der Waals surface area contributed by atoms with Gasteiger partial charge in [0.15, 0.2) is 0 Å². The molecule has 3 aromatic rings. The number of nitrogens with zero attached hydrogens (tertiary/aromatic N) is 4. The zero-order valence-corrected chi connectivity index (χ0v) is 13.0. The summed E-state index contributed by atoms with van der Waals surface area (Å²) in [6.07, 6.45) is 6.00. The minimum absolute atomic E-state index is 0.220. The molecule has 1 aromatic carbocycles. The maximum atomic E-state index is 13.7. The largest absolute Gasteiger partial charge is 0.328 e. The van der Waals surface area contributed by atoms with Gasteiger partial charge in [0, 0.05) is 25.6 Å². The van der Waals surface area contributed by atoms with E-state index in [9.17, 15) is 9.18 Å². The van der Waals surface area contributed by atoms with E-state index in [0.717, 1.165) is 0 Å². The van der Waals surface area contributed by atoms with Crippen LogP contribution in [-0.4, -0.2) is 32.8 Å². The van der Waals surface area contributed by atoms with Crippen molar-refractivity contribution in [2.24, 2.45) is 0 Å². The van der Waals surface area contributed by atoms with Gasteiger partial charge >= 0.3 is 0 Å². The summed E-state index contributed by atoms with van der Waals surface area (Å²) in [5, 5.41) is 0. The van der Waals surface area contributed by atoms with E-state index < -0.39 is 6.04 Å². The number of carbonyl (C=O) groups excluding carboxylic acids is 1. The summed E-state index contributed by atoms with van der Waals surface area (Å²) in [6, 6.07) is 11.0. The van der Waals surface area contributed by atoms with Gasteiger partial charge in [-0.05, 0) is 29.8 Å². The van der Waals surface area contributed by atoms with Crippen LogP contribution in [0.25, 0.3) is 0 Å². The zero-order valence-electron chi connectivity index (χ0n) is 13.0. The van der Waals surface area contributed by atoms with Gasteiger partial charge in [-0.15, -0.1) is 0 Å². The molecule has 0 bridgehead atoms. The lowest BCUT2D eigenvalue weighted by molar-refractivity contribution is 0.0746. The summed E-state index contributed by atoms with van der Waals surface area (Å²) >= 11 is 0. The highest BCUT2D eigenvalue weighted by molar-refractivity contribution is 5.92. The summed E-state index contributed by atoms with van der Waals surface area (Å²) in [7, 11) is 1.64. The minimum atomic E-state index is -0.531. The van der Waals surface area contributed by atoms with Crippen molar-refractivity contribution in [1.29, 1.82) is 0 Å². The highest BCUT2D eigenvalue weighted by Gasteiger charge is 2.26. The molecule has 0 spiro atoms. The average molecular weight is 322 g/mol. The van der Waals surface area contributed by atoms with Crippen molar-refractivity contribution in [3.8, 4) is 0 Å². The topological polar surface area (TPSA) is 59.0 Å². The first-order valence-electron chi connectivity index (χ1n) is 7.36. The summed E-state index contributed by atoms with van der Waals surface area (Å²) in [6.45, 7) is 0. The Kier molecular flexibility index (Phi) is 4.56. The number of amides is 1. The van der Waals surface area contributed by atoms with Crippen LogP contribution in [0, 0.1) is 5.82 Å². The number of carbonyl (C=O) groups is 1. The Hall–Kier alpha value is -3.15. The maximum absolute atomic E-state index is 13.7. The van der Waals surface area contributed by atoms with Crippen LogP contribution < -0.4 is 0 Å². The molecule has 0 N–H and O–H groups in total. The normalized spacial score (nSPS) is 11.8. The van der Waals surface area contributed by atoms with Gasteiger partial charge in [-0.1, -0.05) is 18.2 Å². The Labute approximate surface area is 138 Å². The Morgan fingerprint density at radius 3 is 2.62 bits per heavy atom. The molecular weight excluding hydrogens is 307 g/mol. The van der Waals surface area contributed by atoms with Gasteiger partial charge in [-0.2, -0.15) is 0 Å². The van der Waals surface area contributed by atoms with Crippen molar-refractivity contribution < 1.29 is 9.18 Å². The molecular formula is C18H15FN4O. The third-order valence-corrected chi connectivity index (χ3v) is 3.62. The predicted molar refractivity (Wildman–Crippen MR) is 86.6 cm³/mol. The second-order valence-electron chi connectivity index (χ2n) is 5.22. The average Bonchev–Trinajstić information content (AvgIpc) is 2.63. The molecule has 0 saturated heterocycles. The molecule has 2 aromatic heterocycles. The van der Waals surface area contributed by atoms with Crippen LogP contribution in [0.4, 0.5) is 4.39 Å². The number of aromatic nitrogens is 3. The smallest absolute Gasteiger partial charge is 0.274 e. The van der Waals surface area contributed by atoms with Crippen LogP contribution in [0.3, 0.4) is 0 Å². The molecule has 0 aliphatic heterocycles. The Bertz CT molecular complexity index is 827. The number of rotatable bonds is 4. The van der Waals surface area contributed by atoms with Crippen LogP contribution in [-0.2, 0) is 0 Å². The molecule has 0 aliphatic carbocycles. The van der Waals surface area contributed by atoms with Gasteiger partial charge in [0.2, 0.25) is 0 Å². The lowest BCUT2D eigenvalue weighted by Gasteiger charge is -2.28. The second-order valence-corrected chi connectivity index (χ2v) is 5.22. The van der Waals surface area contributed by atoms with Crippen LogP contribution >= 0.6 is 0 Å². The monoisotopic (exact) mass is 322 g/mol. The molecule has 1 atom stereocenters. The quantitative estimate of drug-likeness (QED) is 0.741. The van der Waals surface area contributed by atoms with E-state index >= 15 is 0 Å². The molecule has 1 amide bonds. The van der Waals surface area contributed by atoms with E-state index in [1.807, 2.05) is 6.07 Å². The van der Waals surface area contributed by atoms with Crippen LogP contribution in [0.1, 0.15) is 27.8 Å². The number of pyridine rings is 1. The Balaban J connectivity index is 2.03. The molecule has 120 valence electrons. The summed E-state index contributed by atoms with van der Waals surface area (Å²) in [5.41, 5.74) is 1.49. The van der Waals surface area contributed by atoms with Crippen molar-refractivity contribution in [3.05, 3.63) is 90.0 Å². The van der Waals surface area contributed by atoms with Crippen molar-refractivity contribution in [3.63, 3.8) is 0 Å². The number of benzene rings is 1. The van der Waals surface area contributed by atoms with Gasteiger partial charge < -0.3 is 4.90 Å². The van der Waals surface area contributed by atoms with E-state index in [0.29, 0.717) is 11.3 Å². The molecule has 24 heavy (non-hydrogen) atoms. The Morgan fingerprint density at radius 1 is 1.08 bits per heavy atom. The highest BCUT2D eigenvalue weighted by atomic mass is 19.1. The first kappa shape index (κ1) is 15.7. The third kappa shape index (κ3) is 3.27. The maximum Gasteiger partial charge on any atom is 0.274 e. The van der Waals surface area contributed by atoms with Crippen molar-refractivity contribution in [2.45, 2.75) is 6.04 Å². The molecule has 5 nitrogen and oxygen atoms in total. The second kappa shape index (κ2) is 6.95. The lowest BCUT2D eigenvalue weighted by atomic mass is 10.0. The fraction of sp³-hybridized carbons (Fsp3) is 0.111. The van der Waals surface area contributed by atoms with Gasteiger partial charge in [0.1, 0.15) is 11.5 Å². The summed E-state index contributed by atoms with van der Waals surface area (Å²) < 4.78 is 13.7. The first-order valence-corrected chi connectivity index (χ1v) is 7.36. The fourth-order valence-corrected chi connectivity index (χ4v) is 2.51. The van der Waals surface area contributed by atoms with Gasteiger partial charge in [0.05, 0.1) is 17.9 Å². The van der Waals surface area contributed by atoms with Gasteiger partial charge in [-0.25, -0.2) is 9.37 Å². The van der Waals surface area contributed by atoms with E-state index in [1.165, 1.54) is 35.6 Å². The number of hydrogen-bond acceptors (Lipinski definition) is 4. The molecule has 0 unspecified atom stereocenters.